The lowest BCUT2D eigenvalue weighted by molar-refractivity contribution is -0.140. The molecule has 5 rings (SSSR count). The maximum absolute atomic E-state index is 14.0. The van der Waals surface area contributed by atoms with E-state index in [9.17, 15) is 13.2 Å². The zero-order valence-corrected chi connectivity index (χ0v) is 18.3. The van der Waals surface area contributed by atoms with Crippen molar-refractivity contribution in [2.45, 2.75) is 20.0 Å². The Bertz CT molecular complexity index is 1270. The summed E-state index contributed by atoms with van der Waals surface area (Å²) in [4.78, 5) is 13.1. The summed E-state index contributed by atoms with van der Waals surface area (Å²) in [6, 6.07) is 14.6. The Morgan fingerprint density at radius 2 is 1.58 bits per heavy atom. The molecule has 1 aromatic carbocycles. The molecule has 0 aliphatic carbocycles. The molecule has 33 heavy (non-hydrogen) atoms. The van der Waals surface area contributed by atoms with E-state index in [1.165, 1.54) is 4.52 Å². The van der Waals surface area contributed by atoms with Gasteiger partial charge in [0.2, 0.25) is 0 Å². The van der Waals surface area contributed by atoms with Crippen molar-refractivity contribution in [2.24, 2.45) is 0 Å². The van der Waals surface area contributed by atoms with Crippen molar-refractivity contribution < 1.29 is 13.2 Å². The smallest absolute Gasteiger partial charge is 0.353 e. The molecule has 0 N–H and O–H groups in total. The van der Waals surface area contributed by atoms with Gasteiger partial charge in [0, 0.05) is 44.1 Å². The fourth-order valence-corrected chi connectivity index (χ4v) is 4.23. The molecule has 1 aliphatic heterocycles. The molecule has 170 valence electrons. The number of rotatable bonds is 3. The third-order valence-electron chi connectivity index (χ3n) is 5.88. The van der Waals surface area contributed by atoms with Crippen molar-refractivity contribution in [1.82, 2.24) is 19.6 Å². The quantitative estimate of drug-likeness (QED) is 0.449. The Balaban J connectivity index is 1.58. The van der Waals surface area contributed by atoms with Crippen LogP contribution in [0.25, 0.3) is 16.8 Å². The molecule has 6 nitrogen and oxygen atoms in total. The van der Waals surface area contributed by atoms with Gasteiger partial charge in [-0.15, -0.1) is 0 Å². The predicted octanol–water partition coefficient (Wildman–Crippen LogP) is 4.75. The van der Waals surface area contributed by atoms with E-state index in [-0.39, 0.29) is 11.2 Å². The average molecular weight is 452 g/mol. The molecule has 0 radical (unpaired) electrons. The summed E-state index contributed by atoms with van der Waals surface area (Å²) in [7, 11) is 0. The summed E-state index contributed by atoms with van der Waals surface area (Å²) >= 11 is 0. The van der Waals surface area contributed by atoms with Crippen molar-refractivity contribution in [3.05, 3.63) is 71.7 Å². The van der Waals surface area contributed by atoms with Crippen LogP contribution in [-0.4, -0.2) is 45.8 Å². The van der Waals surface area contributed by atoms with Crippen LogP contribution in [0.5, 0.6) is 0 Å². The lowest BCUT2D eigenvalue weighted by Gasteiger charge is -2.36. The van der Waals surface area contributed by atoms with Crippen molar-refractivity contribution in [3.63, 3.8) is 0 Å². The topological polar surface area (TPSA) is 49.6 Å². The molecule has 1 aliphatic rings. The summed E-state index contributed by atoms with van der Waals surface area (Å²) in [6.07, 6.45) is -2.84. The molecule has 0 atom stereocenters. The van der Waals surface area contributed by atoms with Crippen LogP contribution >= 0.6 is 0 Å². The number of halogens is 3. The summed E-state index contributed by atoms with van der Waals surface area (Å²) in [5, 5.41) is 4.04. The van der Waals surface area contributed by atoms with E-state index >= 15 is 0 Å². The Morgan fingerprint density at radius 1 is 0.879 bits per heavy atom. The van der Waals surface area contributed by atoms with Crippen molar-refractivity contribution in [2.75, 3.05) is 36.0 Å². The number of fused-ring (bicyclic) bond motifs is 1. The first kappa shape index (κ1) is 21.2. The lowest BCUT2D eigenvalue weighted by atomic mass is 10.0. The maximum Gasteiger partial charge on any atom is 0.435 e. The Labute approximate surface area is 189 Å². The van der Waals surface area contributed by atoms with Crippen LogP contribution in [0.1, 0.15) is 17.0 Å². The van der Waals surface area contributed by atoms with Gasteiger partial charge in [0.05, 0.1) is 5.56 Å². The van der Waals surface area contributed by atoms with Gasteiger partial charge in [-0.25, -0.2) is 9.97 Å². The number of aryl methyl sites for hydroxylation is 2. The highest BCUT2D eigenvalue weighted by molar-refractivity contribution is 5.81. The van der Waals surface area contributed by atoms with E-state index in [1.807, 2.05) is 25.1 Å². The summed E-state index contributed by atoms with van der Waals surface area (Å²) in [5.41, 5.74) is 1.38. The van der Waals surface area contributed by atoms with E-state index in [0.717, 1.165) is 11.4 Å². The van der Waals surface area contributed by atoms with Crippen LogP contribution in [0.15, 0.2) is 54.7 Å². The third kappa shape index (κ3) is 3.99. The molecule has 0 spiro atoms. The maximum atomic E-state index is 14.0. The first-order valence-corrected chi connectivity index (χ1v) is 10.8. The molecule has 9 heteroatoms. The average Bonchev–Trinajstić information content (AvgIpc) is 3.20. The number of benzene rings is 1. The van der Waals surface area contributed by atoms with Gasteiger partial charge in [-0.05, 0) is 31.5 Å². The van der Waals surface area contributed by atoms with E-state index in [4.69, 9.17) is 0 Å². The predicted molar refractivity (Wildman–Crippen MR) is 122 cm³/mol. The summed E-state index contributed by atoms with van der Waals surface area (Å²) < 4.78 is 43.5. The van der Waals surface area contributed by atoms with Crippen molar-refractivity contribution in [1.29, 1.82) is 0 Å². The monoisotopic (exact) mass is 452 g/mol. The van der Waals surface area contributed by atoms with E-state index < -0.39 is 11.9 Å². The normalized spacial score (nSPS) is 14.8. The number of hydrogen-bond acceptors (Lipinski definition) is 5. The molecule has 4 aromatic rings. The van der Waals surface area contributed by atoms with Crippen LogP contribution in [0.4, 0.5) is 24.8 Å². The van der Waals surface area contributed by atoms with Crippen LogP contribution in [-0.2, 0) is 6.18 Å². The Kier molecular flexibility index (Phi) is 5.19. The second kappa shape index (κ2) is 8.06. The lowest BCUT2D eigenvalue weighted by Crippen LogP contribution is -2.47. The molecule has 0 bridgehead atoms. The number of aromatic nitrogens is 4. The fraction of sp³-hybridized carbons (Fsp3) is 0.292. The minimum Gasteiger partial charge on any atom is -0.353 e. The largest absolute Gasteiger partial charge is 0.435 e. The first-order valence-electron chi connectivity index (χ1n) is 10.8. The number of piperazine rings is 1. The number of nitrogens with zero attached hydrogens (tertiary/aromatic N) is 6. The molecule has 0 saturated carbocycles. The van der Waals surface area contributed by atoms with Gasteiger partial charge in [0.15, 0.2) is 11.3 Å². The zero-order valence-electron chi connectivity index (χ0n) is 18.3. The minimum absolute atomic E-state index is 0.0135. The molecule has 4 heterocycles. The SMILES string of the molecule is Cc1ccc(-c2c(C(F)(F)F)nn3c(N4CCN(c5ccccn5)CC4)cc(C)nc23)cc1. The highest BCUT2D eigenvalue weighted by atomic mass is 19.4. The Morgan fingerprint density at radius 3 is 2.21 bits per heavy atom. The molecule has 0 amide bonds. The van der Waals surface area contributed by atoms with E-state index in [2.05, 4.69) is 24.9 Å². The molecule has 1 fully saturated rings. The van der Waals surface area contributed by atoms with Crippen LogP contribution in [0.3, 0.4) is 0 Å². The van der Waals surface area contributed by atoms with Gasteiger partial charge in [-0.3, -0.25) is 0 Å². The standard InChI is InChI=1S/C24H23F3N6/c1-16-6-8-18(9-7-16)21-22(24(25,26)27)30-33-20(15-17(2)29-23(21)33)32-13-11-31(12-14-32)19-5-3-4-10-28-19/h3-10,15H,11-14H2,1-2H3. The Hall–Kier alpha value is -3.62. The van der Waals surface area contributed by atoms with Gasteiger partial charge < -0.3 is 9.80 Å². The molecule has 0 unspecified atom stereocenters. The van der Waals surface area contributed by atoms with Gasteiger partial charge in [0.25, 0.3) is 0 Å². The molecule has 1 saturated heterocycles. The fourth-order valence-electron chi connectivity index (χ4n) is 4.23. The number of alkyl halides is 3. The zero-order chi connectivity index (χ0) is 23.2. The van der Waals surface area contributed by atoms with Gasteiger partial charge in [0.1, 0.15) is 11.6 Å². The van der Waals surface area contributed by atoms with Gasteiger partial charge in [-0.2, -0.15) is 22.8 Å². The van der Waals surface area contributed by atoms with Crippen LogP contribution in [0.2, 0.25) is 0 Å². The van der Waals surface area contributed by atoms with E-state index in [0.29, 0.717) is 43.3 Å². The number of pyridine rings is 1. The van der Waals surface area contributed by atoms with E-state index in [1.54, 1.807) is 43.5 Å². The highest BCUT2D eigenvalue weighted by Gasteiger charge is 2.39. The third-order valence-corrected chi connectivity index (χ3v) is 5.88. The summed E-state index contributed by atoms with van der Waals surface area (Å²) in [6.45, 7) is 6.38. The molecular weight excluding hydrogens is 429 g/mol. The number of hydrogen-bond donors (Lipinski definition) is 0. The van der Waals surface area contributed by atoms with Gasteiger partial charge in [-0.1, -0.05) is 35.9 Å². The van der Waals surface area contributed by atoms with Crippen LogP contribution in [0, 0.1) is 13.8 Å². The minimum atomic E-state index is -4.60. The molecule has 3 aromatic heterocycles. The second-order valence-electron chi connectivity index (χ2n) is 8.24. The molecular formula is C24H23F3N6. The summed E-state index contributed by atoms with van der Waals surface area (Å²) in [5.74, 6) is 1.51. The highest BCUT2D eigenvalue weighted by Crippen LogP contribution is 2.39. The van der Waals surface area contributed by atoms with Gasteiger partial charge >= 0.3 is 6.18 Å². The second-order valence-corrected chi connectivity index (χ2v) is 8.24. The van der Waals surface area contributed by atoms with Crippen LogP contribution < -0.4 is 9.80 Å². The van der Waals surface area contributed by atoms with Crippen molar-refractivity contribution >= 4 is 17.3 Å². The first-order chi connectivity index (χ1) is 15.8. The number of anilines is 2. The van der Waals surface area contributed by atoms with Crippen molar-refractivity contribution in [3.8, 4) is 11.1 Å².